The maximum atomic E-state index is 11.1. The Labute approximate surface area is 119 Å². The number of carboxylic acid groups (broad SMARTS) is 1. The first-order valence-electron chi connectivity index (χ1n) is 7.18. The largest absolute Gasteiger partial charge is 0.481 e. The van der Waals surface area contributed by atoms with Gasteiger partial charge in [0.25, 0.3) is 0 Å². The van der Waals surface area contributed by atoms with Crippen LogP contribution in [0.2, 0.25) is 0 Å². The number of ether oxygens (including phenoxy) is 1. The molecule has 1 heterocycles. The molecule has 1 aliphatic carbocycles. The zero-order valence-electron chi connectivity index (χ0n) is 12.3. The molecular weight excluding hydrogens is 256 g/mol. The van der Waals surface area contributed by atoms with Crippen molar-refractivity contribution in [3.8, 4) is 0 Å². The summed E-state index contributed by atoms with van der Waals surface area (Å²) in [6.45, 7) is 4.04. The van der Waals surface area contributed by atoms with E-state index in [9.17, 15) is 4.79 Å². The average Bonchev–Trinajstić information content (AvgIpc) is 2.44. The van der Waals surface area contributed by atoms with Gasteiger partial charge in [-0.2, -0.15) is 0 Å². The highest BCUT2D eigenvalue weighted by Gasteiger charge is 2.28. The van der Waals surface area contributed by atoms with Gasteiger partial charge in [-0.05, 0) is 38.2 Å². The molecule has 0 bridgehead atoms. The average molecular weight is 278 g/mol. The van der Waals surface area contributed by atoms with Crippen LogP contribution in [0.1, 0.15) is 55.1 Å². The molecular formula is C15H22N2O3. The lowest BCUT2D eigenvalue weighted by Crippen LogP contribution is -2.25. The summed E-state index contributed by atoms with van der Waals surface area (Å²) in [5, 5.41) is 9.14. The second kappa shape index (κ2) is 6.31. The summed E-state index contributed by atoms with van der Waals surface area (Å²) in [6.07, 6.45) is 3.75. The van der Waals surface area contributed by atoms with E-state index in [1.165, 1.54) is 0 Å². The van der Waals surface area contributed by atoms with Gasteiger partial charge >= 0.3 is 5.97 Å². The number of fused-ring (bicyclic) bond motifs is 1. The van der Waals surface area contributed by atoms with Crippen molar-refractivity contribution in [2.24, 2.45) is 5.92 Å². The highest BCUT2D eigenvalue weighted by molar-refractivity contribution is 5.71. The maximum absolute atomic E-state index is 11.1. The van der Waals surface area contributed by atoms with Crippen molar-refractivity contribution in [3.05, 3.63) is 22.8 Å². The van der Waals surface area contributed by atoms with Crippen LogP contribution in [0, 0.1) is 12.8 Å². The summed E-state index contributed by atoms with van der Waals surface area (Å²) in [5.41, 5.74) is 2.91. The van der Waals surface area contributed by atoms with Crippen molar-refractivity contribution in [3.63, 3.8) is 0 Å². The molecule has 0 saturated heterocycles. The maximum Gasteiger partial charge on any atom is 0.306 e. The Kier molecular flexibility index (Phi) is 4.70. The molecule has 0 spiro atoms. The predicted molar refractivity (Wildman–Crippen MR) is 74.6 cm³/mol. The number of hydrogen-bond acceptors (Lipinski definition) is 4. The van der Waals surface area contributed by atoms with Gasteiger partial charge in [0.15, 0.2) is 5.82 Å². The highest BCUT2D eigenvalue weighted by atomic mass is 16.5. The minimum atomic E-state index is -0.722. The van der Waals surface area contributed by atoms with E-state index in [1.807, 2.05) is 6.92 Å². The van der Waals surface area contributed by atoms with Crippen LogP contribution in [0.25, 0.3) is 0 Å². The van der Waals surface area contributed by atoms with E-state index in [-0.39, 0.29) is 12.0 Å². The molecule has 0 saturated carbocycles. The van der Waals surface area contributed by atoms with Crippen LogP contribution in [0.4, 0.5) is 0 Å². The lowest BCUT2D eigenvalue weighted by molar-refractivity contribution is -0.142. The third kappa shape index (κ3) is 2.98. The Morgan fingerprint density at radius 2 is 2.25 bits per heavy atom. The summed E-state index contributed by atoms with van der Waals surface area (Å²) in [5.74, 6) is -0.288. The lowest BCUT2D eigenvalue weighted by atomic mass is 9.86. The number of carboxylic acids is 1. The van der Waals surface area contributed by atoms with Crippen LogP contribution < -0.4 is 0 Å². The number of aromatic nitrogens is 2. The minimum absolute atomic E-state index is 0.0683. The molecule has 5 heteroatoms. The van der Waals surface area contributed by atoms with E-state index in [0.717, 1.165) is 35.6 Å². The third-order valence-electron chi connectivity index (χ3n) is 3.97. The molecule has 2 atom stereocenters. The lowest BCUT2D eigenvalue weighted by Gasteiger charge is -2.24. The van der Waals surface area contributed by atoms with Gasteiger partial charge in [-0.3, -0.25) is 4.79 Å². The van der Waals surface area contributed by atoms with Crippen molar-refractivity contribution < 1.29 is 14.6 Å². The number of methoxy groups -OCH3 is 1. The quantitative estimate of drug-likeness (QED) is 0.895. The predicted octanol–water partition coefficient (Wildman–Crippen LogP) is 2.46. The van der Waals surface area contributed by atoms with Gasteiger partial charge in [0.05, 0.1) is 5.92 Å². The number of nitrogens with zero attached hydrogens (tertiary/aromatic N) is 2. The smallest absolute Gasteiger partial charge is 0.306 e. The molecule has 0 amide bonds. The molecule has 1 aliphatic rings. The molecule has 2 unspecified atom stereocenters. The molecule has 0 aliphatic heterocycles. The van der Waals surface area contributed by atoms with Gasteiger partial charge in [-0.15, -0.1) is 0 Å². The van der Waals surface area contributed by atoms with Crippen LogP contribution in [0.5, 0.6) is 0 Å². The number of carbonyl (C=O) groups is 1. The second-order valence-corrected chi connectivity index (χ2v) is 5.38. The standard InChI is InChI=1S/C15H22N2O3/c1-4-5-13(20-3)14-16-9(2)11-8-10(15(18)19)6-7-12(11)17-14/h10,13H,4-8H2,1-3H3,(H,18,19). The van der Waals surface area contributed by atoms with Gasteiger partial charge < -0.3 is 9.84 Å². The van der Waals surface area contributed by atoms with Gasteiger partial charge in [-0.1, -0.05) is 13.3 Å². The first-order chi connectivity index (χ1) is 9.56. The van der Waals surface area contributed by atoms with Gasteiger partial charge in [0, 0.05) is 18.5 Å². The van der Waals surface area contributed by atoms with E-state index < -0.39 is 5.97 Å². The summed E-state index contributed by atoms with van der Waals surface area (Å²) < 4.78 is 5.46. The Balaban J connectivity index is 2.30. The van der Waals surface area contributed by atoms with Crippen LogP contribution in [-0.4, -0.2) is 28.2 Å². The fourth-order valence-electron chi connectivity index (χ4n) is 2.78. The number of rotatable bonds is 5. The Morgan fingerprint density at radius 1 is 1.50 bits per heavy atom. The molecule has 2 rings (SSSR count). The van der Waals surface area contributed by atoms with E-state index in [0.29, 0.717) is 19.3 Å². The van der Waals surface area contributed by atoms with Gasteiger partial charge in [-0.25, -0.2) is 9.97 Å². The van der Waals surface area contributed by atoms with Crippen LogP contribution in [-0.2, 0) is 22.4 Å². The molecule has 0 aromatic carbocycles. The Morgan fingerprint density at radius 3 is 2.85 bits per heavy atom. The van der Waals surface area contributed by atoms with E-state index in [2.05, 4.69) is 16.9 Å². The van der Waals surface area contributed by atoms with Crippen molar-refractivity contribution in [2.45, 2.75) is 52.1 Å². The van der Waals surface area contributed by atoms with E-state index in [4.69, 9.17) is 9.84 Å². The summed E-state index contributed by atoms with van der Waals surface area (Å²) in [7, 11) is 1.68. The molecule has 110 valence electrons. The molecule has 0 fully saturated rings. The molecule has 5 nitrogen and oxygen atoms in total. The number of hydrogen-bond donors (Lipinski definition) is 1. The fourth-order valence-corrected chi connectivity index (χ4v) is 2.78. The number of aryl methyl sites for hydroxylation is 2. The van der Waals surface area contributed by atoms with Crippen LogP contribution in [0.3, 0.4) is 0 Å². The van der Waals surface area contributed by atoms with Gasteiger partial charge in [0.1, 0.15) is 6.10 Å². The Hall–Kier alpha value is -1.49. The SMILES string of the molecule is CCCC(OC)c1nc(C)c2c(n1)CCC(C(=O)O)C2. The van der Waals surface area contributed by atoms with Gasteiger partial charge in [0.2, 0.25) is 0 Å². The summed E-state index contributed by atoms with van der Waals surface area (Å²) in [6, 6.07) is 0. The topological polar surface area (TPSA) is 72.3 Å². The van der Waals surface area contributed by atoms with Crippen LogP contribution in [0.15, 0.2) is 0 Å². The van der Waals surface area contributed by atoms with Crippen molar-refractivity contribution in [1.82, 2.24) is 9.97 Å². The molecule has 20 heavy (non-hydrogen) atoms. The van der Waals surface area contributed by atoms with E-state index >= 15 is 0 Å². The molecule has 1 N–H and O–H groups in total. The van der Waals surface area contributed by atoms with Crippen molar-refractivity contribution >= 4 is 5.97 Å². The minimum Gasteiger partial charge on any atom is -0.481 e. The Bertz CT molecular complexity index is 502. The number of aliphatic carboxylic acids is 1. The molecule has 0 radical (unpaired) electrons. The van der Waals surface area contributed by atoms with Crippen molar-refractivity contribution in [1.29, 1.82) is 0 Å². The first-order valence-corrected chi connectivity index (χ1v) is 7.18. The summed E-state index contributed by atoms with van der Waals surface area (Å²) >= 11 is 0. The molecule has 1 aromatic rings. The van der Waals surface area contributed by atoms with Crippen LogP contribution >= 0.6 is 0 Å². The normalized spacial score (nSPS) is 19.4. The van der Waals surface area contributed by atoms with Crippen molar-refractivity contribution in [2.75, 3.05) is 7.11 Å². The second-order valence-electron chi connectivity index (χ2n) is 5.38. The van der Waals surface area contributed by atoms with E-state index in [1.54, 1.807) is 7.11 Å². The zero-order valence-corrected chi connectivity index (χ0v) is 12.3. The fraction of sp³-hybridized carbons (Fsp3) is 0.667. The summed E-state index contributed by atoms with van der Waals surface area (Å²) in [4.78, 5) is 20.3. The zero-order chi connectivity index (χ0) is 14.7. The highest BCUT2D eigenvalue weighted by Crippen LogP contribution is 2.28. The molecule has 1 aromatic heterocycles. The first kappa shape index (κ1) is 14.9. The monoisotopic (exact) mass is 278 g/mol. The third-order valence-corrected chi connectivity index (χ3v) is 3.97.